The number of nitrogens with two attached hydrogens (primary N) is 1. The molecule has 0 saturated carbocycles. The summed E-state index contributed by atoms with van der Waals surface area (Å²) in [6, 6.07) is 14.6. The van der Waals surface area contributed by atoms with Gasteiger partial charge in [0.05, 0.1) is 13.0 Å². The second kappa shape index (κ2) is 6.79. The number of hydrogen-bond donors (Lipinski definition) is 1. The second-order valence-corrected chi connectivity index (χ2v) is 6.25. The molecule has 3 aromatic rings. The van der Waals surface area contributed by atoms with Gasteiger partial charge in [-0.1, -0.05) is 35.6 Å². The van der Waals surface area contributed by atoms with Gasteiger partial charge in [0.2, 0.25) is 0 Å². The number of anilines is 1. The Morgan fingerprint density at radius 2 is 2.00 bits per heavy atom. The van der Waals surface area contributed by atoms with Crippen molar-refractivity contribution in [2.45, 2.75) is 12.3 Å². The first-order chi connectivity index (χ1) is 11.2. The standard InChI is InChI=1S/C18H17FN2OS/c1-22-15-7-5-13(6-8-15)16(17-11-23-18(20)21-17)10-12-3-2-4-14(19)9-12/h2-9,11,16H,10H2,1H3,(H2,20,21)/p+1. The zero-order valence-electron chi connectivity index (χ0n) is 12.8. The van der Waals surface area contributed by atoms with Crippen LogP contribution in [0.3, 0.4) is 0 Å². The van der Waals surface area contributed by atoms with Crippen molar-refractivity contribution in [1.29, 1.82) is 0 Å². The van der Waals surface area contributed by atoms with Crippen LogP contribution in [-0.2, 0) is 6.42 Å². The molecule has 3 rings (SSSR count). The lowest BCUT2D eigenvalue weighted by molar-refractivity contribution is -0.368. The van der Waals surface area contributed by atoms with Crippen LogP contribution < -0.4 is 15.5 Å². The fourth-order valence-electron chi connectivity index (χ4n) is 2.64. The molecule has 118 valence electrons. The second-order valence-electron chi connectivity index (χ2n) is 5.34. The van der Waals surface area contributed by atoms with Crippen LogP contribution in [0.25, 0.3) is 0 Å². The van der Waals surface area contributed by atoms with Crippen LogP contribution in [-0.4, -0.2) is 7.11 Å². The molecule has 5 heteroatoms. The Bertz CT molecular complexity index is 786. The first kappa shape index (κ1) is 15.5. The molecule has 0 radical (unpaired) electrons. The van der Waals surface area contributed by atoms with E-state index < -0.39 is 0 Å². The molecule has 0 saturated heterocycles. The monoisotopic (exact) mass is 329 g/mol. The van der Waals surface area contributed by atoms with E-state index in [1.165, 1.54) is 17.4 Å². The number of aromatic amines is 1. The van der Waals surface area contributed by atoms with Crippen molar-refractivity contribution in [3.05, 3.63) is 76.5 Å². The minimum absolute atomic E-state index is 0.0799. The Morgan fingerprint density at radius 1 is 1.22 bits per heavy atom. The summed E-state index contributed by atoms with van der Waals surface area (Å²) in [7, 11) is 1.65. The van der Waals surface area contributed by atoms with E-state index in [0.717, 1.165) is 22.6 Å². The van der Waals surface area contributed by atoms with Gasteiger partial charge in [-0.2, -0.15) is 0 Å². The highest BCUT2D eigenvalue weighted by Gasteiger charge is 2.20. The van der Waals surface area contributed by atoms with Crippen LogP contribution in [0.4, 0.5) is 9.52 Å². The molecule has 0 amide bonds. The molecule has 1 unspecified atom stereocenters. The maximum absolute atomic E-state index is 13.5. The van der Waals surface area contributed by atoms with Crippen molar-refractivity contribution >= 4 is 16.5 Å². The van der Waals surface area contributed by atoms with Gasteiger partial charge < -0.3 is 4.74 Å². The molecule has 2 aromatic carbocycles. The third-order valence-corrected chi connectivity index (χ3v) is 4.53. The molecule has 0 bridgehead atoms. The molecule has 1 heterocycles. The lowest BCUT2D eigenvalue weighted by Crippen LogP contribution is -2.17. The van der Waals surface area contributed by atoms with Crippen LogP contribution in [0.15, 0.2) is 53.9 Å². The summed E-state index contributed by atoms with van der Waals surface area (Å²) in [4.78, 5) is 3.21. The van der Waals surface area contributed by atoms with Gasteiger partial charge in [0.1, 0.15) is 17.3 Å². The zero-order chi connectivity index (χ0) is 16.2. The molecular weight excluding hydrogens is 311 g/mol. The average Bonchev–Trinajstić information content (AvgIpc) is 2.99. The Kier molecular flexibility index (Phi) is 4.57. The van der Waals surface area contributed by atoms with Gasteiger partial charge in [-0.15, -0.1) is 0 Å². The van der Waals surface area contributed by atoms with Crippen molar-refractivity contribution in [2.75, 3.05) is 12.8 Å². The smallest absolute Gasteiger partial charge is 0.329 e. The normalized spacial score (nSPS) is 12.1. The molecule has 3 nitrogen and oxygen atoms in total. The number of rotatable bonds is 5. The lowest BCUT2D eigenvalue weighted by Gasteiger charge is -2.15. The Hall–Kier alpha value is -2.40. The lowest BCUT2D eigenvalue weighted by atomic mass is 9.89. The number of benzene rings is 2. The zero-order valence-corrected chi connectivity index (χ0v) is 13.6. The van der Waals surface area contributed by atoms with Gasteiger partial charge in [0, 0.05) is 5.38 Å². The van der Waals surface area contributed by atoms with Crippen LogP contribution in [0, 0.1) is 5.82 Å². The number of ether oxygens (including phenoxy) is 1. The number of nitrogen functional groups attached to an aromatic ring is 1. The molecule has 1 aromatic heterocycles. The van der Waals surface area contributed by atoms with Gasteiger partial charge in [-0.05, 0) is 41.8 Å². The van der Waals surface area contributed by atoms with Gasteiger partial charge in [-0.25, -0.2) is 9.37 Å². The molecule has 23 heavy (non-hydrogen) atoms. The maximum Gasteiger partial charge on any atom is 0.329 e. The molecule has 1 atom stereocenters. The highest BCUT2D eigenvalue weighted by atomic mass is 32.1. The predicted octanol–water partition coefficient (Wildman–Crippen LogP) is 3.67. The van der Waals surface area contributed by atoms with Crippen molar-refractivity contribution < 1.29 is 14.1 Å². The number of hydrogen-bond acceptors (Lipinski definition) is 3. The maximum atomic E-state index is 13.5. The minimum atomic E-state index is -0.218. The highest BCUT2D eigenvalue weighted by molar-refractivity contribution is 7.13. The van der Waals surface area contributed by atoms with Crippen LogP contribution in [0.1, 0.15) is 22.7 Å². The molecule has 3 N–H and O–H groups in total. The summed E-state index contributed by atoms with van der Waals surface area (Å²) < 4.78 is 18.7. The van der Waals surface area contributed by atoms with Crippen molar-refractivity contribution in [1.82, 2.24) is 0 Å². The molecule has 0 aliphatic rings. The highest BCUT2D eigenvalue weighted by Crippen LogP contribution is 2.29. The van der Waals surface area contributed by atoms with Crippen LogP contribution in [0.2, 0.25) is 0 Å². The summed E-state index contributed by atoms with van der Waals surface area (Å²) in [5.74, 6) is 0.674. The number of H-pyrrole nitrogens is 1. The largest absolute Gasteiger partial charge is 0.497 e. The Morgan fingerprint density at radius 3 is 2.61 bits per heavy atom. The topological polar surface area (TPSA) is 49.4 Å². The van der Waals surface area contributed by atoms with Gasteiger partial charge in [0.15, 0.2) is 0 Å². The third-order valence-electron chi connectivity index (χ3n) is 3.80. The summed E-state index contributed by atoms with van der Waals surface area (Å²) in [6.45, 7) is 0. The van der Waals surface area contributed by atoms with Crippen LogP contribution >= 0.6 is 11.3 Å². The molecule has 0 aliphatic carbocycles. The SMILES string of the molecule is COc1ccc(C(Cc2cccc(F)c2)c2csc(N)[nH+]2)cc1. The van der Waals surface area contributed by atoms with E-state index in [0.29, 0.717) is 11.6 Å². The van der Waals surface area contributed by atoms with Crippen molar-refractivity contribution in [3.8, 4) is 5.75 Å². The third kappa shape index (κ3) is 3.68. The number of thiazole rings is 1. The minimum Gasteiger partial charge on any atom is -0.497 e. The molecule has 0 aliphatic heterocycles. The fourth-order valence-corrected chi connectivity index (χ4v) is 3.29. The van der Waals surface area contributed by atoms with E-state index in [1.807, 2.05) is 35.7 Å². The van der Waals surface area contributed by atoms with Crippen LogP contribution in [0.5, 0.6) is 5.75 Å². The van der Waals surface area contributed by atoms with E-state index in [2.05, 4.69) is 4.98 Å². The first-order valence-corrected chi connectivity index (χ1v) is 8.18. The predicted molar refractivity (Wildman–Crippen MR) is 90.2 cm³/mol. The van der Waals surface area contributed by atoms with Gasteiger partial charge in [-0.3, -0.25) is 5.73 Å². The van der Waals surface area contributed by atoms with E-state index in [9.17, 15) is 4.39 Å². The molecule has 0 fully saturated rings. The summed E-state index contributed by atoms with van der Waals surface area (Å²) in [6.07, 6.45) is 0.691. The van der Waals surface area contributed by atoms with E-state index in [-0.39, 0.29) is 11.7 Å². The summed E-state index contributed by atoms with van der Waals surface area (Å²) in [5, 5.41) is 2.68. The summed E-state index contributed by atoms with van der Waals surface area (Å²) >= 11 is 1.47. The quantitative estimate of drug-likeness (QED) is 0.776. The Balaban J connectivity index is 1.95. The van der Waals surface area contributed by atoms with Crippen molar-refractivity contribution in [3.63, 3.8) is 0 Å². The van der Waals surface area contributed by atoms with E-state index >= 15 is 0 Å². The number of halogens is 1. The number of methoxy groups -OCH3 is 1. The molecular formula is C18H18FN2OS+. The van der Waals surface area contributed by atoms with Crippen molar-refractivity contribution in [2.24, 2.45) is 0 Å². The van der Waals surface area contributed by atoms with E-state index in [4.69, 9.17) is 10.5 Å². The first-order valence-electron chi connectivity index (χ1n) is 7.30. The number of nitrogens with one attached hydrogen (secondary N) is 1. The van der Waals surface area contributed by atoms with Gasteiger partial charge >= 0.3 is 5.13 Å². The average molecular weight is 329 g/mol. The Labute approximate surface area is 138 Å². The molecule has 0 spiro atoms. The van der Waals surface area contributed by atoms with E-state index in [1.54, 1.807) is 19.2 Å². The summed E-state index contributed by atoms with van der Waals surface area (Å²) in [5.41, 5.74) is 8.95. The number of aromatic nitrogens is 1. The van der Waals surface area contributed by atoms with Gasteiger partial charge in [0.25, 0.3) is 0 Å². The fraction of sp³-hybridized carbons (Fsp3) is 0.167.